The second-order valence-corrected chi connectivity index (χ2v) is 12.3. The molecular formula is C49H38Ir2N4O5-2. The molecule has 0 aliphatic rings. The molecule has 0 bridgehead atoms. The maximum absolute atomic E-state index is 10.6. The second-order valence-electron chi connectivity index (χ2n) is 12.3. The molecule has 304 valence electrons. The number of pyridine rings is 4. The van der Waals surface area contributed by atoms with E-state index in [0.29, 0.717) is 0 Å². The number of benzene rings is 5. The van der Waals surface area contributed by atoms with Gasteiger partial charge in [0, 0.05) is 92.8 Å². The van der Waals surface area contributed by atoms with Crippen molar-refractivity contribution >= 4 is 27.5 Å². The van der Waals surface area contributed by atoms with Gasteiger partial charge in [-0.2, -0.15) is 0 Å². The van der Waals surface area contributed by atoms with Gasteiger partial charge in [0.05, 0.1) is 19.9 Å². The third-order valence-electron chi connectivity index (χ3n) is 8.58. The third-order valence-corrected chi connectivity index (χ3v) is 8.58. The van der Waals surface area contributed by atoms with E-state index >= 15 is 0 Å². The number of carboxylic acids is 1. The van der Waals surface area contributed by atoms with Crippen LogP contribution in [0.25, 0.3) is 55.3 Å². The maximum Gasteiger partial charge on any atom is 0.354 e. The Balaban J connectivity index is 0.000000175. The zero-order chi connectivity index (χ0) is 40.5. The quantitative estimate of drug-likeness (QED) is 0.157. The number of methoxy groups -OCH3 is 2. The van der Waals surface area contributed by atoms with E-state index in [1.54, 1.807) is 51.1 Å². The predicted molar refractivity (Wildman–Crippen MR) is 228 cm³/mol. The number of aromatic nitrogens is 4. The normalized spacial score (nSPS) is 9.77. The topological polar surface area (TPSA) is 128 Å². The molecular weight excluding hydrogens is 1110 g/mol. The van der Waals surface area contributed by atoms with Crippen LogP contribution in [0.4, 0.5) is 0 Å². The van der Waals surface area contributed by atoms with Crippen molar-refractivity contribution < 1.29 is 64.7 Å². The molecule has 4 heterocycles. The minimum Gasteiger partial charge on any atom is -0.516 e. The number of phenolic OH excluding ortho intramolecular Hbond substituents is 1. The minimum absolute atomic E-state index is 0. The number of carboxylic acid groups (broad SMARTS) is 1. The Bertz CT molecular complexity index is 2630. The summed E-state index contributed by atoms with van der Waals surface area (Å²) in [5.41, 5.74) is 5.39. The Kier molecular flexibility index (Phi) is 18.2. The molecule has 9 nitrogen and oxygen atoms in total. The predicted octanol–water partition coefficient (Wildman–Crippen LogP) is 10.7. The smallest absolute Gasteiger partial charge is 0.354 e. The van der Waals surface area contributed by atoms with Crippen molar-refractivity contribution in [2.75, 3.05) is 14.2 Å². The number of aromatic hydroxyl groups is 1. The van der Waals surface area contributed by atoms with Crippen LogP contribution in [-0.4, -0.2) is 50.3 Å². The molecule has 0 saturated heterocycles. The van der Waals surface area contributed by atoms with Gasteiger partial charge in [-0.05, 0) is 58.6 Å². The van der Waals surface area contributed by atoms with Crippen molar-refractivity contribution in [3.63, 3.8) is 0 Å². The zero-order valence-corrected chi connectivity index (χ0v) is 37.2. The Labute approximate surface area is 375 Å². The Morgan fingerprint density at radius 3 is 1.63 bits per heavy atom. The number of hydrogen-bond donors (Lipinski definition) is 2. The molecule has 0 atom stereocenters. The van der Waals surface area contributed by atoms with Crippen molar-refractivity contribution in [3.05, 3.63) is 200 Å². The van der Waals surface area contributed by atoms with Gasteiger partial charge in [-0.15, -0.1) is 59.7 Å². The molecule has 0 aliphatic carbocycles. The monoisotopic (exact) mass is 1150 g/mol. The molecule has 9 rings (SSSR count). The minimum atomic E-state index is -0.995. The molecule has 2 radical (unpaired) electrons. The molecule has 0 unspecified atom stereocenters. The van der Waals surface area contributed by atoms with Gasteiger partial charge >= 0.3 is 5.97 Å². The van der Waals surface area contributed by atoms with Gasteiger partial charge in [-0.25, -0.2) is 9.78 Å². The molecule has 4 aromatic heterocycles. The summed E-state index contributed by atoms with van der Waals surface area (Å²) in [5.74, 6) is 0.913. The van der Waals surface area contributed by atoms with Gasteiger partial charge in [0.25, 0.3) is 0 Å². The summed E-state index contributed by atoms with van der Waals surface area (Å²) in [5, 5.41) is 22.6. The van der Waals surface area contributed by atoms with E-state index in [0.717, 1.165) is 66.8 Å². The molecule has 0 fully saturated rings. The molecule has 9 aromatic rings. The van der Waals surface area contributed by atoms with Crippen molar-refractivity contribution in [1.29, 1.82) is 0 Å². The van der Waals surface area contributed by atoms with Gasteiger partial charge in [-0.3, -0.25) is 4.98 Å². The van der Waals surface area contributed by atoms with Crippen LogP contribution in [-0.2, 0) is 40.2 Å². The van der Waals surface area contributed by atoms with Crippen molar-refractivity contribution in [1.82, 2.24) is 19.9 Å². The van der Waals surface area contributed by atoms with E-state index in [4.69, 9.17) is 14.6 Å². The number of hydrogen-bond acceptors (Lipinski definition) is 8. The van der Waals surface area contributed by atoms with Gasteiger partial charge < -0.3 is 29.7 Å². The fourth-order valence-corrected chi connectivity index (χ4v) is 5.69. The number of fused-ring (bicyclic) bond motifs is 2. The zero-order valence-electron chi connectivity index (χ0n) is 32.4. The number of phenols is 1. The standard InChI is InChI=1S/C15H11NO.2C12H10NO.C10H7NO2.2Ir/c17-14-8-4-3-7-13(14)15-12-6-2-1-5-11(12)9-10-16-15;2*1-14-11-6-4-5-10(9-11)12-7-2-3-8-13-12;12-10(13)9-5-7-3-1-2-4-8(7)6-11-9;;/h1-10,17H;2*2-4,6-9H,1H3;1-6H,(H,12,13);;/q;2*-1;;;. The van der Waals surface area contributed by atoms with E-state index in [2.05, 4.69) is 32.1 Å². The third kappa shape index (κ3) is 12.7. The van der Waals surface area contributed by atoms with E-state index in [-0.39, 0.29) is 51.7 Å². The molecule has 0 aliphatic heterocycles. The maximum atomic E-state index is 10.6. The van der Waals surface area contributed by atoms with Crippen LogP contribution in [0.15, 0.2) is 183 Å². The average molecular weight is 1150 g/mol. The first-order valence-corrected chi connectivity index (χ1v) is 18.1. The Morgan fingerprint density at radius 2 is 1.08 bits per heavy atom. The summed E-state index contributed by atoms with van der Waals surface area (Å²) >= 11 is 0. The summed E-state index contributed by atoms with van der Waals surface area (Å²) in [6.07, 6.45) is 6.87. The van der Waals surface area contributed by atoms with Gasteiger partial charge in [0.15, 0.2) is 0 Å². The first kappa shape index (κ1) is 46.1. The summed E-state index contributed by atoms with van der Waals surface area (Å²) < 4.78 is 10.3. The summed E-state index contributed by atoms with van der Waals surface area (Å²) in [6, 6.07) is 55.4. The van der Waals surface area contributed by atoms with Crippen LogP contribution in [0.2, 0.25) is 0 Å². The molecule has 0 amide bonds. The number of rotatable bonds is 6. The molecule has 60 heavy (non-hydrogen) atoms. The molecule has 5 aromatic carbocycles. The Hall–Kier alpha value is -6.61. The fourth-order valence-electron chi connectivity index (χ4n) is 5.69. The molecule has 2 N–H and O–H groups in total. The molecule has 11 heteroatoms. The molecule has 0 saturated carbocycles. The number of aromatic carboxylic acids is 1. The Morgan fingerprint density at radius 1 is 0.550 bits per heavy atom. The van der Waals surface area contributed by atoms with Gasteiger partial charge in [0.2, 0.25) is 0 Å². The first-order valence-electron chi connectivity index (χ1n) is 18.1. The van der Waals surface area contributed by atoms with Crippen LogP contribution >= 0.6 is 0 Å². The summed E-state index contributed by atoms with van der Waals surface area (Å²) in [4.78, 5) is 27.2. The van der Waals surface area contributed by atoms with E-state index in [1.807, 2.05) is 146 Å². The van der Waals surface area contributed by atoms with Crippen LogP contribution in [0, 0.1) is 12.1 Å². The number of carbonyl (C=O) groups is 1. The largest absolute Gasteiger partial charge is 0.516 e. The summed E-state index contributed by atoms with van der Waals surface area (Å²) in [7, 11) is 3.30. The first-order chi connectivity index (χ1) is 28.4. The van der Waals surface area contributed by atoms with Crippen LogP contribution in [0.1, 0.15) is 10.5 Å². The van der Waals surface area contributed by atoms with E-state index in [9.17, 15) is 9.90 Å². The van der Waals surface area contributed by atoms with Gasteiger partial charge in [-0.1, -0.05) is 84.9 Å². The number of ether oxygens (including phenoxy) is 2. The van der Waals surface area contributed by atoms with Gasteiger partial charge in [0.1, 0.15) is 11.4 Å². The molecule has 0 spiro atoms. The fraction of sp³-hybridized carbons (Fsp3) is 0.0408. The van der Waals surface area contributed by atoms with Crippen LogP contribution in [0.3, 0.4) is 0 Å². The number of para-hydroxylation sites is 1. The average Bonchev–Trinajstić information content (AvgIpc) is 3.30. The van der Waals surface area contributed by atoms with E-state index < -0.39 is 5.97 Å². The SMILES string of the molecule is COc1cc[c-]c(-c2ccccn2)c1.COc1cc[c-]c(-c2ccccn2)c1.O=C(O)c1cc2ccccc2cn1.Oc1ccccc1-c1nccc2ccccc12.[Ir].[Ir]. The van der Waals surface area contributed by atoms with E-state index in [1.165, 1.54) is 0 Å². The van der Waals surface area contributed by atoms with Crippen molar-refractivity contribution in [3.8, 4) is 51.0 Å². The second kappa shape index (κ2) is 23.7. The van der Waals surface area contributed by atoms with Crippen molar-refractivity contribution in [2.24, 2.45) is 0 Å². The summed E-state index contributed by atoms with van der Waals surface area (Å²) in [6.45, 7) is 0. The van der Waals surface area contributed by atoms with Crippen molar-refractivity contribution in [2.45, 2.75) is 0 Å². The number of nitrogens with zero attached hydrogens (tertiary/aromatic N) is 4. The van der Waals surface area contributed by atoms with Crippen LogP contribution < -0.4 is 9.47 Å². The van der Waals surface area contributed by atoms with Crippen LogP contribution in [0.5, 0.6) is 17.2 Å².